The molecular weight excluding hydrogens is 379 g/mol. The van der Waals surface area contributed by atoms with Gasteiger partial charge in [-0.15, -0.1) is 0 Å². The van der Waals surface area contributed by atoms with Crippen LogP contribution in [0.4, 0.5) is 9.18 Å². The van der Waals surface area contributed by atoms with Gasteiger partial charge in [0.1, 0.15) is 5.82 Å². The van der Waals surface area contributed by atoms with Crippen molar-refractivity contribution in [2.75, 3.05) is 19.6 Å². The number of carboxylic acid groups (broad SMARTS) is 1. The van der Waals surface area contributed by atoms with Crippen molar-refractivity contribution >= 4 is 16.9 Å². The molecule has 4 rings (SSSR count). The second-order valence-corrected chi connectivity index (χ2v) is 8.06. The number of hydrogen-bond donors (Lipinski definition) is 2. The summed E-state index contributed by atoms with van der Waals surface area (Å²) < 4.78 is 14.5. The third-order valence-corrected chi connectivity index (χ3v) is 6.33. The fourth-order valence-electron chi connectivity index (χ4n) is 4.74. The molecule has 5 heteroatoms. The fraction of sp³-hybridized carbons (Fsp3) is 0.320. The summed E-state index contributed by atoms with van der Waals surface area (Å²) in [4.78, 5) is 13.8. The van der Waals surface area contributed by atoms with E-state index in [1.807, 2.05) is 61.5 Å². The van der Waals surface area contributed by atoms with E-state index in [1.165, 1.54) is 11.0 Å². The number of piperidine rings is 1. The zero-order valence-corrected chi connectivity index (χ0v) is 17.1. The first-order chi connectivity index (χ1) is 14.6. The molecule has 1 fully saturated rings. The third-order valence-electron chi connectivity index (χ3n) is 6.33. The van der Waals surface area contributed by atoms with Gasteiger partial charge in [0, 0.05) is 13.1 Å². The molecule has 0 bridgehead atoms. The van der Waals surface area contributed by atoms with E-state index >= 15 is 0 Å². The van der Waals surface area contributed by atoms with Crippen LogP contribution in [-0.4, -0.2) is 35.7 Å². The predicted octanol–water partition coefficient (Wildman–Crippen LogP) is 5.41. The van der Waals surface area contributed by atoms with Crippen molar-refractivity contribution in [3.05, 3.63) is 83.7 Å². The van der Waals surface area contributed by atoms with Crippen LogP contribution in [0.15, 0.2) is 66.7 Å². The van der Waals surface area contributed by atoms with Gasteiger partial charge in [0.25, 0.3) is 0 Å². The highest BCUT2D eigenvalue weighted by Crippen LogP contribution is 2.35. The zero-order chi connectivity index (χ0) is 21.1. The van der Waals surface area contributed by atoms with Gasteiger partial charge < -0.3 is 15.3 Å². The van der Waals surface area contributed by atoms with Gasteiger partial charge in [-0.05, 0) is 59.7 Å². The lowest BCUT2D eigenvalue weighted by atomic mass is 9.80. The minimum atomic E-state index is -0.951. The topological polar surface area (TPSA) is 52.6 Å². The average Bonchev–Trinajstić information content (AvgIpc) is 2.77. The van der Waals surface area contributed by atoms with Gasteiger partial charge in [0.2, 0.25) is 0 Å². The molecule has 3 atom stereocenters. The van der Waals surface area contributed by atoms with E-state index in [4.69, 9.17) is 0 Å². The number of amides is 1. The predicted molar refractivity (Wildman–Crippen MR) is 117 cm³/mol. The maximum Gasteiger partial charge on any atom is 0.407 e. The molecule has 1 aliphatic rings. The third kappa shape index (κ3) is 4.03. The minimum Gasteiger partial charge on any atom is -0.465 e. The molecule has 3 aromatic rings. The van der Waals surface area contributed by atoms with Crippen LogP contribution in [0.25, 0.3) is 10.8 Å². The number of rotatable bonds is 5. The van der Waals surface area contributed by atoms with E-state index in [0.717, 1.165) is 29.3 Å². The molecule has 1 saturated heterocycles. The Kier molecular flexibility index (Phi) is 6.00. The summed E-state index contributed by atoms with van der Waals surface area (Å²) in [6.45, 7) is 3.77. The molecule has 0 radical (unpaired) electrons. The molecule has 1 heterocycles. The Morgan fingerprint density at radius 2 is 1.87 bits per heavy atom. The van der Waals surface area contributed by atoms with Crippen LogP contribution in [0.5, 0.6) is 0 Å². The summed E-state index contributed by atoms with van der Waals surface area (Å²) in [5.41, 5.74) is 1.67. The second kappa shape index (κ2) is 8.84. The molecule has 0 aromatic heterocycles. The molecule has 1 aliphatic heterocycles. The molecule has 1 amide bonds. The second-order valence-electron chi connectivity index (χ2n) is 8.06. The monoisotopic (exact) mass is 406 g/mol. The lowest BCUT2D eigenvalue weighted by Crippen LogP contribution is -2.44. The first-order valence-electron chi connectivity index (χ1n) is 10.5. The summed E-state index contributed by atoms with van der Waals surface area (Å²) >= 11 is 0. The van der Waals surface area contributed by atoms with Crippen molar-refractivity contribution in [1.29, 1.82) is 0 Å². The zero-order valence-electron chi connectivity index (χ0n) is 17.1. The van der Waals surface area contributed by atoms with Crippen molar-refractivity contribution in [3.63, 3.8) is 0 Å². The summed E-state index contributed by atoms with van der Waals surface area (Å²) in [7, 11) is 0. The van der Waals surface area contributed by atoms with Gasteiger partial charge in [-0.1, -0.05) is 60.7 Å². The largest absolute Gasteiger partial charge is 0.465 e. The van der Waals surface area contributed by atoms with Crippen molar-refractivity contribution in [2.45, 2.75) is 25.3 Å². The number of halogens is 1. The lowest BCUT2D eigenvalue weighted by Gasteiger charge is -2.37. The van der Waals surface area contributed by atoms with E-state index in [1.54, 1.807) is 6.07 Å². The van der Waals surface area contributed by atoms with Crippen LogP contribution < -0.4 is 5.32 Å². The number of benzene rings is 3. The van der Waals surface area contributed by atoms with Gasteiger partial charge in [0.05, 0.1) is 6.04 Å². The van der Waals surface area contributed by atoms with Gasteiger partial charge in [-0.2, -0.15) is 0 Å². The molecule has 0 aliphatic carbocycles. The highest BCUT2D eigenvalue weighted by atomic mass is 19.1. The Balaban J connectivity index is 1.64. The number of fused-ring (bicyclic) bond motifs is 1. The molecule has 0 spiro atoms. The summed E-state index contributed by atoms with van der Waals surface area (Å²) in [6, 6.07) is 20.6. The molecule has 4 nitrogen and oxygen atoms in total. The molecule has 2 unspecified atom stereocenters. The Morgan fingerprint density at radius 3 is 2.67 bits per heavy atom. The quantitative estimate of drug-likeness (QED) is 0.595. The van der Waals surface area contributed by atoms with Crippen LogP contribution in [0, 0.1) is 11.7 Å². The number of carbonyl (C=O) groups is 1. The van der Waals surface area contributed by atoms with Crippen molar-refractivity contribution in [1.82, 2.24) is 10.2 Å². The highest BCUT2D eigenvalue weighted by Gasteiger charge is 2.33. The minimum absolute atomic E-state index is 0.00387. The van der Waals surface area contributed by atoms with Gasteiger partial charge in [-0.3, -0.25) is 0 Å². The van der Waals surface area contributed by atoms with Gasteiger partial charge >= 0.3 is 6.09 Å². The van der Waals surface area contributed by atoms with E-state index in [2.05, 4.69) is 5.32 Å². The first kappa shape index (κ1) is 20.4. The summed E-state index contributed by atoms with van der Waals surface area (Å²) in [5, 5.41) is 15.6. The van der Waals surface area contributed by atoms with Crippen LogP contribution >= 0.6 is 0 Å². The van der Waals surface area contributed by atoms with E-state index in [-0.39, 0.29) is 23.7 Å². The Hall–Kier alpha value is -2.92. The number of nitrogens with zero attached hydrogens (tertiary/aromatic N) is 1. The Labute approximate surface area is 176 Å². The SMILES string of the molecule is C[C@H](c1cccc2ccccc12)N(CC1CNCCC1c1ccccc1F)C(=O)O. The van der Waals surface area contributed by atoms with Crippen LogP contribution in [0.3, 0.4) is 0 Å². The standard InChI is InChI=1S/C25H27FN2O2/c1-17(20-11-6-8-18-7-2-3-9-21(18)20)28(25(29)30)16-19-15-27-14-13-22(19)23-10-4-5-12-24(23)26/h2-12,17,19,22,27H,13-16H2,1H3,(H,29,30)/t17-,19?,22?/m1/s1. The summed E-state index contributed by atoms with van der Waals surface area (Å²) in [5.74, 6) is -0.212. The van der Waals surface area contributed by atoms with Crippen molar-refractivity contribution in [3.8, 4) is 0 Å². The van der Waals surface area contributed by atoms with E-state index in [9.17, 15) is 14.3 Å². The van der Waals surface area contributed by atoms with Crippen LogP contribution in [0.1, 0.15) is 36.4 Å². The Morgan fingerprint density at radius 1 is 1.13 bits per heavy atom. The highest BCUT2D eigenvalue weighted by molar-refractivity contribution is 5.86. The van der Waals surface area contributed by atoms with E-state index in [0.29, 0.717) is 18.7 Å². The lowest BCUT2D eigenvalue weighted by molar-refractivity contribution is 0.110. The van der Waals surface area contributed by atoms with Crippen molar-refractivity contribution < 1.29 is 14.3 Å². The molecule has 156 valence electrons. The normalized spacial score (nSPS) is 20.1. The molecule has 0 saturated carbocycles. The van der Waals surface area contributed by atoms with Crippen LogP contribution in [-0.2, 0) is 0 Å². The molecule has 3 aromatic carbocycles. The molecule has 2 N–H and O–H groups in total. The summed E-state index contributed by atoms with van der Waals surface area (Å²) in [6.07, 6.45) is -0.157. The smallest absolute Gasteiger partial charge is 0.407 e. The number of nitrogens with one attached hydrogen (secondary N) is 1. The maximum absolute atomic E-state index is 14.5. The van der Waals surface area contributed by atoms with Crippen molar-refractivity contribution in [2.24, 2.45) is 5.92 Å². The molecular formula is C25H27FN2O2. The van der Waals surface area contributed by atoms with Gasteiger partial charge in [0.15, 0.2) is 0 Å². The fourth-order valence-corrected chi connectivity index (χ4v) is 4.74. The average molecular weight is 407 g/mol. The van der Waals surface area contributed by atoms with Crippen LogP contribution in [0.2, 0.25) is 0 Å². The van der Waals surface area contributed by atoms with Gasteiger partial charge in [-0.25, -0.2) is 9.18 Å². The maximum atomic E-state index is 14.5. The molecule has 30 heavy (non-hydrogen) atoms. The number of hydrogen-bond acceptors (Lipinski definition) is 2. The first-order valence-corrected chi connectivity index (χ1v) is 10.5. The Bertz CT molecular complexity index is 1030. The van der Waals surface area contributed by atoms with E-state index < -0.39 is 6.09 Å².